The van der Waals surface area contributed by atoms with E-state index in [1.54, 1.807) is 35.4 Å². The minimum atomic E-state index is -0.529. The number of aromatic nitrogens is 1. The van der Waals surface area contributed by atoms with Crippen molar-refractivity contribution in [3.8, 4) is 11.5 Å². The fraction of sp³-hybridized carbons (Fsp3) is 0.348. The second-order valence-electron chi connectivity index (χ2n) is 7.23. The number of rotatable bonds is 7. The van der Waals surface area contributed by atoms with Crippen molar-refractivity contribution in [3.05, 3.63) is 60.2 Å². The Labute approximate surface area is 175 Å². The van der Waals surface area contributed by atoms with Gasteiger partial charge in [-0.15, -0.1) is 0 Å². The van der Waals surface area contributed by atoms with E-state index in [0.29, 0.717) is 30.9 Å². The van der Waals surface area contributed by atoms with Crippen molar-refractivity contribution < 1.29 is 18.7 Å². The fourth-order valence-electron chi connectivity index (χ4n) is 3.29. The van der Waals surface area contributed by atoms with Crippen molar-refractivity contribution in [1.82, 2.24) is 15.2 Å². The van der Waals surface area contributed by atoms with Crippen LogP contribution >= 0.6 is 0 Å². The number of pyridine rings is 1. The topological polar surface area (TPSA) is 71.5 Å². The van der Waals surface area contributed by atoms with Crippen LogP contribution in [0.4, 0.5) is 4.39 Å². The number of piperidine rings is 1. The van der Waals surface area contributed by atoms with Crippen molar-refractivity contribution in [2.24, 2.45) is 5.92 Å². The molecule has 0 bridgehead atoms. The Kier molecular flexibility index (Phi) is 7.54. The standard InChI is InChI=1S/C23H26FN3O3/c1-2-11-26-23(29)18-5-4-13-27(16-18)22(28)10-8-17-7-9-21(20(24)14-17)30-19-6-3-12-25-15-19/h3,6-10,12,14-15,18H,2,4-5,11,13,16H2,1H3,(H,26,29)/b10-8+. The third-order valence-corrected chi connectivity index (χ3v) is 4.89. The summed E-state index contributed by atoms with van der Waals surface area (Å²) in [6.45, 7) is 3.68. The highest BCUT2D eigenvalue weighted by molar-refractivity contribution is 5.92. The lowest BCUT2D eigenvalue weighted by atomic mass is 9.97. The molecule has 7 heteroatoms. The van der Waals surface area contributed by atoms with E-state index < -0.39 is 5.82 Å². The van der Waals surface area contributed by atoms with Crippen LogP contribution in [0.15, 0.2) is 48.8 Å². The summed E-state index contributed by atoms with van der Waals surface area (Å²) >= 11 is 0. The Morgan fingerprint density at radius 3 is 2.97 bits per heavy atom. The smallest absolute Gasteiger partial charge is 0.246 e. The van der Waals surface area contributed by atoms with Gasteiger partial charge in [0, 0.05) is 31.9 Å². The van der Waals surface area contributed by atoms with Gasteiger partial charge >= 0.3 is 0 Å². The molecule has 2 aromatic rings. The minimum absolute atomic E-state index is 0.00426. The van der Waals surface area contributed by atoms with Crippen LogP contribution in [0.5, 0.6) is 11.5 Å². The molecule has 30 heavy (non-hydrogen) atoms. The molecule has 1 saturated heterocycles. The van der Waals surface area contributed by atoms with E-state index in [4.69, 9.17) is 4.74 Å². The molecule has 0 radical (unpaired) electrons. The first-order chi connectivity index (χ1) is 14.6. The van der Waals surface area contributed by atoms with Gasteiger partial charge in [0.25, 0.3) is 0 Å². The second kappa shape index (κ2) is 10.5. The molecule has 0 saturated carbocycles. The summed E-state index contributed by atoms with van der Waals surface area (Å²) in [4.78, 5) is 30.3. The van der Waals surface area contributed by atoms with Crippen LogP contribution in [0, 0.1) is 11.7 Å². The van der Waals surface area contributed by atoms with Crippen LogP contribution in [-0.2, 0) is 9.59 Å². The highest BCUT2D eigenvalue weighted by atomic mass is 19.1. The number of nitrogens with one attached hydrogen (secondary N) is 1. The van der Waals surface area contributed by atoms with E-state index in [0.717, 1.165) is 19.3 Å². The molecule has 1 fully saturated rings. The Morgan fingerprint density at radius 1 is 1.37 bits per heavy atom. The number of amides is 2. The predicted molar refractivity (Wildman–Crippen MR) is 112 cm³/mol. The first-order valence-corrected chi connectivity index (χ1v) is 10.2. The van der Waals surface area contributed by atoms with Crippen LogP contribution in [-0.4, -0.2) is 41.3 Å². The summed E-state index contributed by atoms with van der Waals surface area (Å²) in [6, 6.07) is 7.89. The third kappa shape index (κ3) is 5.89. The molecule has 3 rings (SSSR count). The zero-order chi connectivity index (χ0) is 21.3. The predicted octanol–water partition coefficient (Wildman–Crippen LogP) is 3.79. The molecule has 2 amide bonds. The number of carbonyl (C=O) groups is 2. The summed E-state index contributed by atoms with van der Waals surface area (Å²) in [7, 11) is 0. The van der Waals surface area contributed by atoms with Crippen molar-refractivity contribution in [1.29, 1.82) is 0 Å². The molecular weight excluding hydrogens is 385 g/mol. The van der Waals surface area contributed by atoms with Gasteiger partial charge in [-0.3, -0.25) is 14.6 Å². The van der Waals surface area contributed by atoms with Crippen molar-refractivity contribution >= 4 is 17.9 Å². The molecule has 6 nitrogen and oxygen atoms in total. The van der Waals surface area contributed by atoms with Crippen molar-refractivity contribution in [3.63, 3.8) is 0 Å². The van der Waals surface area contributed by atoms with Gasteiger partial charge in [-0.2, -0.15) is 0 Å². The average molecular weight is 411 g/mol. The molecule has 1 unspecified atom stereocenters. The van der Waals surface area contributed by atoms with E-state index in [1.165, 1.54) is 24.4 Å². The zero-order valence-electron chi connectivity index (χ0n) is 17.0. The van der Waals surface area contributed by atoms with Gasteiger partial charge in [0.05, 0.1) is 12.1 Å². The van der Waals surface area contributed by atoms with Crippen molar-refractivity contribution in [2.75, 3.05) is 19.6 Å². The van der Waals surface area contributed by atoms with Gasteiger partial charge in [-0.05, 0) is 55.2 Å². The lowest BCUT2D eigenvalue weighted by Crippen LogP contribution is -2.45. The maximum absolute atomic E-state index is 14.3. The zero-order valence-corrected chi connectivity index (χ0v) is 17.0. The molecule has 158 valence electrons. The number of carbonyl (C=O) groups excluding carboxylic acids is 2. The monoisotopic (exact) mass is 411 g/mol. The molecule has 0 aliphatic carbocycles. The van der Waals surface area contributed by atoms with Gasteiger partial charge in [-0.25, -0.2) is 4.39 Å². The largest absolute Gasteiger partial charge is 0.453 e. The molecule has 1 aliphatic heterocycles. The number of benzene rings is 1. The number of likely N-dealkylation sites (tertiary alicyclic amines) is 1. The normalized spacial score (nSPS) is 16.5. The number of halogens is 1. The van der Waals surface area contributed by atoms with Crippen LogP contribution in [0.2, 0.25) is 0 Å². The van der Waals surface area contributed by atoms with E-state index in [-0.39, 0.29) is 23.5 Å². The van der Waals surface area contributed by atoms with E-state index in [2.05, 4.69) is 10.3 Å². The molecule has 1 aromatic heterocycles. The second-order valence-corrected chi connectivity index (χ2v) is 7.23. The van der Waals surface area contributed by atoms with Gasteiger partial charge in [0.1, 0.15) is 5.75 Å². The maximum atomic E-state index is 14.3. The fourth-order valence-corrected chi connectivity index (χ4v) is 3.29. The van der Waals surface area contributed by atoms with E-state index >= 15 is 0 Å². The van der Waals surface area contributed by atoms with Gasteiger partial charge in [0.2, 0.25) is 11.8 Å². The molecule has 1 atom stereocenters. The quantitative estimate of drug-likeness (QED) is 0.704. The first kappa shape index (κ1) is 21.5. The van der Waals surface area contributed by atoms with Gasteiger partial charge in [0.15, 0.2) is 11.6 Å². The summed E-state index contributed by atoms with van der Waals surface area (Å²) in [6.07, 6.45) is 8.55. The SMILES string of the molecule is CCCNC(=O)C1CCCN(C(=O)/C=C/c2ccc(Oc3cccnc3)c(F)c2)C1. The molecule has 2 heterocycles. The summed E-state index contributed by atoms with van der Waals surface area (Å²) in [5, 5.41) is 2.90. The summed E-state index contributed by atoms with van der Waals surface area (Å²) in [5.74, 6) is -0.354. The molecule has 1 N–H and O–H groups in total. The first-order valence-electron chi connectivity index (χ1n) is 10.2. The number of hydrogen-bond donors (Lipinski definition) is 1. The Bertz CT molecular complexity index is 902. The lowest BCUT2D eigenvalue weighted by Gasteiger charge is -2.31. The van der Waals surface area contributed by atoms with Crippen LogP contribution in [0.3, 0.4) is 0 Å². The Balaban J connectivity index is 1.59. The average Bonchev–Trinajstić information content (AvgIpc) is 2.78. The molecular formula is C23H26FN3O3. The maximum Gasteiger partial charge on any atom is 0.246 e. The molecule has 0 spiro atoms. The third-order valence-electron chi connectivity index (χ3n) is 4.89. The number of nitrogens with zero attached hydrogens (tertiary/aromatic N) is 2. The highest BCUT2D eigenvalue weighted by Crippen LogP contribution is 2.25. The summed E-state index contributed by atoms with van der Waals surface area (Å²) in [5.41, 5.74) is 0.550. The lowest BCUT2D eigenvalue weighted by molar-refractivity contribution is -0.132. The highest BCUT2D eigenvalue weighted by Gasteiger charge is 2.27. The van der Waals surface area contributed by atoms with Crippen molar-refractivity contribution in [2.45, 2.75) is 26.2 Å². The van der Waals surface area contributed by atoms with Gasteiger partial charge in [-0.1, -0.05) is 13.0 Å². The van der Waals surface area contributed by atoms with E-state index in [1.807, 2.05) is 6.92 Å². The Hall–Kier alpha value is -3.22. The van der Waals surface area contributed by atoms with Crippen LogP contribution < -0.4 is 10.1 Å². The van der Waals surface area contributed by atoms with Gasteiger partial charge < -0.3 is 15.0 Å². The number of hydrogen-bond acceptors (Lipinski definition) is 4. The Morgan fingerprint density at radius 2 is 2.23 bits per heavy atom. The summed E-state index contributed by atoms with van der Waals surface area (Å²) < 4.78 is 19.8. The van der Waals surface area contributed by atoms with E-state index in [9.17, 15) is 14.0 Å². The molecule has 1 aliphatic rings. The minimum Gasteiger partial charge on any atom is -0.453 e. The van der Waals surface area contributed by atoms with Crippen LogP contribution in [0.1, 0.15) is 31.7 Å². The molecule has 1 aromatic carbocycles. The number of ether oxygens (including phenoxy) is 1. The van der Waals surface area contributed by atoms with Crippen LogP contribution in [0.25, 0.3) is 6.08 Å².